The summed E-state index contributed by atoms with van der Waals surface area (Å²) in [6, 6.07) is 14.3. The molecule has 1 radical (unpaired) electrons. The fourth-order valence-corrected chi connectivity index (χ4v) is 1.99. The summed E-state index contributed by atoms with van der Waals surface area (Å²) in [7, 11) is 0. The second kappa shape index (κ2) is 7.43. The molecule has 0 atom stereocenters. The van der Waals surface area contributed by atoms with E-state index in [2.05, 4.69) is 6.92 Å². The van der Waals surface area contributed by atoms with Gasteiger partial charge in [-0.15, -0.1) is 0 Å². The average molecular weight is 284 g/mol. The fraction of sp³-hybridized carbons (Fsp3) is 0.235. The number of nitro benzene ring substituents is 1. The highest BCUT2D eigenvalue weighted by atomic mass is 16.6. The molecule has 0 N–H and O–H groups in total. The highest BCUT2D eigenvalue weighted by molar-refractivity contribution is 5.65. The molecule has 0 saturated heterocycles. The molecule has 109 valence electrons. The lowest BCUT2D eigenvalue weighted by Gasteiger charge is -2.07. The van der Waals surface area contributed by atoms with E-state index >= 15 is 0 Å². The Hall–Kier alpha value is -2.36. The summed E-state index contributed by atoms with van der Waals surface area (Å²) in [5.74, 6) is 0.838. The van der Waals surface area contributed by atoms with Crippen LogP contribution in [0.1, 0.15) is 19.3 Å². The molecule has 0 fully saturated rings. The molecule has 0 unspecified atom stereocenters. The predicted molar refractivity (Wildman–Crippen MR) is 83.2 cm³/mol. The lowest BCUT2D eigenvalue weighted by atomic mass is 10.1. The molecular weight excluding hydrogens is 266 g/mol. The molecular formula is C17H18NO3. The van der Waals surface area contributed by atoms with Crippen molar-refractivity contribution in [2.24, 2.45) is 0 Å². The number of hydrogen-bond acceptors (Lipinski definition) is 3. The number of ether oxygens (including phenoxy) is 1. The van der Waals surface area contributed by atoms with Gasteiger partial charge in [0.15, 0.2) is 0 Å². The van der Waals surface area contributed by atoms with E-state index in [0.29, 0.717) is 6.61 Å². The van der Waals surface area contributed by atoms with E-state index in [1.807, 2.05) is 24.3 Å². The lowest BCUT2D eigenvalue weighted by Crippen LogP contribution is -1.96. The molecule has 0 aliphatic rings. The number of nitro groups is 1. The molecule has 4 heteroatoms. The molecule has 4 nitrogen and oxygen atoms in total. The zero-order chi connectivity index (χ0) is 15.1. The molecule has 2 rings (SSSR count). The Labute approximate surface area is 124 Å². The van der Waals surface area contributed by atoms with Crippen LogP contribution in [0.3, 0.4) is 0 Å². The van der Waals surface area contributed by atoms with Crippen molar-refractivity contribution in [1.82, 2.24) is 0 Å². The molecule has 0 amide bonds. The SMILES string of the molecule is [CH2]CCCCOc1ccc(-c2ccc([N+](=O)[O-])cc2)cc1. The van der Waals surface area contributed by atoms with Crippen molar-refractivity contribution < 1.29 is 9.66 Å². The molecule has 0 aliphatic carbocycles. The van der Waals surface area contributed by atoms with E-state index in [4.69, 9.17) is 4.74 Å². The zero-order valence-corrected chi connectivity index (χ0v) is 11.8. The molecule has 0 heterocycles. The third-order valence-corrected chi connectivity index (χ3v) is 3.18. The Morgan fingerprint density at radius 1 is 0.952 bits per heavy atom. The van der Waals surface area contributed by atoms with Gasteiger partial charge in [-0.25, -0.2) is 0 Å². The summed E-state index contributed by atoms with van der Waals surface area (Å²) in [5, 5.41) is 10.6. The molecule has 2 aromatic carbocycles. The summed E-state index contributed by atoms with van der Waals surface area (Å²) >= 11 is 0. The Balaban J connectivity index is 1.99. The van der Waals surface area contributed by atoms with E-state index in [1.165, 1.54) is 12.1 Å². The summed E-state index contributed by atoms with van der Waals surface area (Å²) in [5.41, 5.74) is 2.06. The van der Waals surface area contributed by atoms with Gasteiger partial charge in [0.25, 0.3) is 5.69 Å². The number of hydrogen-bond donors (Lipinski definition) is 0. The maximum absolute atomic E-state index is 10.6. The maximum atomic E-state index is 10.6. The van der Waals surface area contributed by atoms with Crippen LogP contribution in [0.25, 0.3) is 11.1 Å². The monoisotopic (exact) mass is 284 g/mol. The third-order valence-electron chi connectivity index (χ3n) is 3.18. The van der Waals surface area contributed by atoms with Gasteiger partial charge in [0.1, 0.15) is 5.75 Å². The molecule has 0 spiro atoms. The number of unbranched alkanes of at least 4 members (excludes halogenated alkanes) is 2. The Morgan fingerprint density at radius 2 is 1.52 bits per heavy atom. The lowest BCUT2D eigenvalue weighted by molar-refractivity contribution is -0.384. The number of benzene rings is 2. The normalized spacial score (nSPS) is 10.3. The van der Waals surface area contributed by atoms with Crippen LogP contribution in [0.5, 0.6) is 5.75 Å². The smallest absolute Gasteiger partial charge is 0.269 e. The van der Waals surface area contributed by atoms with Crippen LogP contribution >= 0.6 is 0 Å². The van der Waals surface area contributed by atoms with Crippen LogP contribution in [0, 0.1) is 17.0 Å². The molecule has 0 bridgehead atoms. The van der Waals surface area contributed by atoms with E-state index in [0.717, 1.165) is 36.1 Å². The Bertz CT molecular complexity index is 576. The number of nitrogens with zero attached hydrogens (tertiary/aromatic N) is 1. The summed E-state index contributed by atoms with van der Waals surface area (Å²) in [6.45, 7) is 4.50. The van der Waals surface area contributed by atoms with Crippen molar-refractivity contribution in [3.05, 3.63) is 65.6 Å². The minimum Gasteiger partial charge on any atom is -0.494 e. The molecule has 0 aromatic heterocycles. The molecule has 0 saturated carbocycles. The standard InChI is InChI=1S/C17H18NO3/c1-2-3-4-13-21-17-11-7-15(8-12-17)14-5-9-16(10-6-14)18(19)20/h5-12H,1-4,13H2. The van der Waals surface area contributed by atoms with E-state index in [9.17, 15) is 10.1 Å². The van der Waals surface area contributed by atoms with Crippen molar-refractivity contribution in [2.75, 3.05) is 6.61 Å². The van der Waals surface area contributed by atoms with E-state index in [1.54, 1.807) is 12.1 Å². The first-order valence-electron chi connectivity index (χ1n) is 6.97. The Kier molecular flexibility index (Phi) is 5.32. The van der Waals surface area contributed by atoms with Gasteiger partial charge in [0.2, 0.25) is 0 Å². The van der Waals surface area contributed by atoms with E-state index in [-0.39, 0.29) is 5.69 Å². The van der Waals surface area contributed by atoms with Crippen molar-refractivity contribution in [1.29, 1.82) is 0 Å². The van der Waals surface area contributed by atoms with Gasteiger partial charge in [-0.05, 0) is 41.8 Å². The summed E-state index contributed by atoms with van der Waals surface area (Å²) in [4.78, 5) is 10.2. The molecule has 21 heavy (non-hydrogen) atoms. The number of non-ortho nitro benzene ring substituents is 1. The quantitative estimate of drug-likeness (QED) is 0.422. The van der Waals surface area contributed by atoms with Crippen molar-refractivity contribution in [2.45, 2.75) is 19.3 Å². The van der Waals surface area contributed by atoms with Crippen LogP contribution in [-0.2, 0) is 0 Å². The largest absolute Gasteiger partial charge is 0.494 e. The second-order valence-corrected chi connectivity index (χ2v) is 4.74. The van der Waals surface area contributed by atoms with Gasteiger partial charge in [-0.1, -0.05) is 31.9 Å². The highest BCUT2D eigenvalue weighted by Gasteiger charge is 2.05. The first-order valence-corrected chi connectivity index (χ1v) is 6.97. The van der Waals surface area contributed by atoms with Gasteiger partial charge in [0.05, 0.1) is 11.5 Å². The van der Waals surface area contributed by atoms with Crippen LogP contribution in [0.4, 0.5) is 5.69 Å². The van der Waals surface area contributed by atoms with Gasteiger partial charge >= 0.3 is 0 Å². The van der Waals surface area contributed by atoms with Crippen LogP contribution in [0.2, 0.25) is 0 Å². The first kappa shape index (κ1) is 15.0. The van der Waals surface area contributed by atoms with Crippen LogP contribution in [0.15, 0.2) is 48.5 Å². The van der Waals surface area contributed by atoms with Gasteiger partial charge in [0, 0.05) is 12.1 Å². The second-order valence-electron chi connectivity index (χ2n) is 4.74. The zero-order valence-electron chi connectivity index (χ0n) is 11.8. The van der Waals surface area contributed by atoms with Crippen molar-refractivity contribution in [3.63, 3.8) is 0 Å². The Morgan fingerprint density at radius 3 is 2.05 bits per heavy atom. The van der Waals surface area contributed by atoms with Gasteiger partial charge in [-0.2, -0.15) is 0 Å². The fourth-order valence-electron chi connectivity index (χ4n) is 1.99. The van der Waals surface area contributed by atoms with Crippen molar-refractivity contribution >= 4 is 5.69 Å². The molecule has 2 aromatic rings. The third kappa shape index (κ3) is 4.31. The van der Waals surface area contributed by atoms with Crippen LogP contribution in [-0.4, -0.2) is 11.5 Å². The molecule has 0 aliphatic heterocycles. The summed E-state index contributed by atoms with van der Waals surface area (Å²) < 4.78 is 5.63. The van der Waals surface area contributed by atoms with E-state index < -0.39 is 4.92 Å². The maximum Gasteiger partial charge on any atom is 0.269 e. The van der Waals surface area contributed by atoms with Crippen LogP contribution < -0.4 is 4.74 Å². The van der Waals surface area contributed by atoms with Crippen molar-refractivity contribution in [3.8, 4) is 16.9 Å². The minimum absolute atomic E-state index is 0.101. The highest BCUT2D eigenvalue weighted by Crippen LogP contribution is 2.24. The average Bonchev–Trinajstić information content (AvgIpc) is 2.52. The minimum atomic E-state index is -0.396. The first-order chi connectivity index (χ1) is 10.2. The predicted octanol–water partition coefficient (Wildman–Crippen LogP) is 4.64. The topological polar surface area (TPSA) is 52.4 Å². The van der Waals surface area contributed by atoms with Gasteiger partial charge in [-0.3, -0.25) is 10.1 Å². The summed E-state index contributed by atoms with van der Waals surface area (Å²) in [6.07, 6.45) is 3.01. The number of rotatable bonds is 7. The van der Waals surface area contributed by atoms with Gasteiger partial charge < -0.3 is 4.74 Å².